The molecule has 34 heavy (non-hydrogen) atoms. The first-order chi connectivity index (χ1) is 16.5. The summed E-state index contributed by atoms with van der Waals surface area (Å²) >= 11 is 0. The lowest BCUT2D eigenvalue weighted by molar-refractivity contribution is 0.100. The molecule has 0 aliphatic carbocycles. The number of H-pyrrole nitrogens is 1. The fraction of sp³-hybridized carbons (Fsp3) is 0.360. The lowest BCUT2D eigenvalue weighted by Gasteiger charge is -2.12. The minimum absolute atomic E-state index is 0.0519. The summed E-state index contributed by atoms with van der Waals surface area (Å²) < 4.78 is 6.71. The van der Waals surface area contributed by atoms with E-state index in [1.54, 1.807) is 18.3 Å². The molecule has 3 heterocycles. The van der Waals surface area contributed by atoms with Crippen LogP contribution in [0.1, 0.15) is 61.5 Å². The molecular weight excluding hydrogens is 434 g/mol. The molecule has 0 spiro atoms. The molecule has 4 aromatic rings. The molecule has 0 fully saturated rings. The Hall–Kier alpha value is -3.72. The third-order valence-corrected chi connectivity index (χ3v) is 5.55. The number of amides is 1. The predicted molar refractivity (Wildman–Crippen MR) is 131 cm³/mol. The number of pyridine rings is 1. The van der Waals surface area contributed by atoms with Gasteiger partial charge in [-0.15, -0.1) is 0 Å². The number of carbonyl (C=O) groups is 1. The number of hydrogen-bond donors (Lipinski definition) is 3. The van der Waals surface area contributed by atoms with E-state index in [9.17, 15) is 9.59 Å². The summed E-state index contributed by atoms with van der Waals surface area (Å²) in [4.78, 5) is 22.7. The summed E-state index contributed by atoms with van der Waals surface area (Å²) in [6.45, 7) is 4.56. The molecule has 0 saturated carbocycles. The van der Waals surface area contributed by atoms with Gasteiger partial charge in [-0.2, -0.15) is 10.2 Å². The number of ether oxygens (including phenoxy) is 1. The number of aliphatic hydroxyl groups is 1. The van der Waals surface area contributed by atoms with Crippen LogP contribution >= 0.6 is 0 Å². The standard InChI is InChI=1S/C15H20N2O.C10H11N3O3/c1-3-4-5-8-11(2)14-12-9-6-7-10-13(12)15(18)17-16-14;11-10(15)8-5-12-13-6-7(16-4-3-14)1-2-9(8)13/h6-7,9-11H,3-5,8H2,1-2H3,(H,17,18);1-2,5-6,14H,3-4H2,(H2,11,15)/t11-;/m0./s1. The Morgan fingerprint density at radius 2 is 1.97 bits per heavy atom. The maximum Gasteiger partial charge on any atom is 0.272 e. The predicted octanol–water partition coefficient (Wildman–Crippen LogP) is 3.41. The number of unbranched alkanes of at least 4 members (excludes halogenated alkanes) is 2. The zero-order valence-electron chi connectivity index (χ0n) is 19.5. The van der Waals surface area contributed by atoms with Gasteiger partial charge in [-0.1, -0.05) is 51.3 Å². The minimum Gasteiger partial charge on any atom is -0.490 e. The minimum atomic E-state index is -0.515. The number of primary amides is 1. The van der Waals surface area contributed by atoms with E-state index in [1.165, 1.54) is 30.0 Å². The van der Waals surface area contributed by atoms with E-state index in [-0.39, 0.29) is 18.8 Å². The topological polar surface area (TPSA) is 136 Å². The van der Waals surface area contributed by atoms with Gasteiger partial charge in [-0.25, -0.2) is 9.61 Å². The smallest absolute Gasteiger partial charge is 0.272 e. The summed E-state index contributed by atoms with van der Waals surface area (Å²) in [7, 11) is 0. The number of fused-ring (bicyclic) bond motifs is 2. The first-order valence-electron chi connectivity index (χ1n) is 11.4. The van der Waals surface area contributed by atoms with Crippen molar-refractivity contribution >= 4 is 22.2 Å². The zero-order valence-corrected chi connectivity index (χ0v) is 19.5. The van der Waals surface area contributed by atoms with Crippen molar-refractivity contribution in [2.45, 2.75) is 45.4 Å². The molecule has 4 N–H and O–H groups in total. The van der Waals surface area contributed by atoms with Gasteiger partial charge in [0.2, 0.25) is 0 Å². The number of aromatic amines is 1. The van der Waals surface area contributed by atoms with Crippen molar-refractivity contribution < 1.29 is 14.6 Å². The van der Waals surface area contributed by atoms with Crippen LogP contribution in [-0.4, -0.2) is 44.0 Å². The first kappa shape index (κ1) is 24.9. The average molecular weight is 466 g/mol. The molecule has 0 radical (unpaired) electrons. The molecule has 3 aromatic heterocycles. The van der Waals surface area contributed by atoms with Crippen molar-refractivity contribution in [2.24, 2.45) is 5.73 Å². The van der Waals surface area contributed by atoms with Gasteiger partial charge in [-0.3, -0.25) is 9.59 Å². The second kappa shape index (κ2) is 11.9. The van der Waals surface area contributed by atoms with Gasteiger partial charge in [0.1, 0.15) is 12.4 Å². The lowest BCUT2D eigenvalue weighted by atomic mass is 9.96. The number of aliphatic hydroxyl groups excluding tert-OH is 1. The molecule has 0 aliphatic heterocycles. The van der Waals surface area contributed by atoms with Crippen LogP contribution in [0.5, 0.6) is 5.75 Å². The highest BCUT2D eigenvalue weighted by Gasteiger charge is 2.12. The second-order valence-corrected chi connectivity index (χ2v) is 8.07. The highest BCUT2D eigenvalue weighted by molar-refractivity contribution is 5.99. The third-order valence-electron chi connectivity index (χ3n) is 5.55. The first-order valence-corrected chi connectivity index (χ1v) is 11.4. The van der Waals surface area contributed by atoms with E-state index in [0.717, 1.165) is 22.9 Å². The molecule has 0 unspecified atom stereocenters. The number of carbonyl (C=O) groups excluding carboxylic acids is 1. The monoisotopic (exact) mass is 465 g/mol. The van der Waals surface area contributed by atoms with E-state index in [1.807, 2.05) is 24.3 Å². The van der Waals surface area contributed by atoms with Crippen LogP contribution in [0, 0.1) is 0 Å². The van der Waals surface area contributed by atoms with E-state index in [2.05, 4.69) is 29.1 Å². The Morgan fingerprint density at radius 3 is 2.68 bits per heavy atom. The van der Waals surface area contributed by atoms with Gasteiger partial charge in [0.25, 0.3) is 11.5 Å². The fourth-order valence-electron chi connectivity index (χ4n) is 3.75. The number of nitrogens with one attached hydrogen (secondary N) is 1. The normalized spacial score (nSPS) is 11.7. The van der Waals surface area contributed by atoms with Crippen LogP contribution in [0.4, 0.5) is 0 Å². The number of nitrogens with two attached hydrogens (primary N) is 1. The Kier molecular flexibility index (Phi) is 8.75. The van der Waals surface area contributed by atoms with Gasteiger partial charge in [-0.05, 0) is 24.6 Å². The highest BCUT2D eigenvalue weighted by atomic mass is 16.5. The SMILES string of the molecule is CCCCC[C@H](C)c1n[nH]c(=O)c2ccccc12.NC(=O)c1cnn2cc(OCCO)ccc12. The summed E-state index contributed by atoms with van der Waals surface area (Å²) in [5.41, 5.74) is 7.10. The molecule has 9 nitrogen and oxygen atoms in total. The number of aromatic nitrogens is 4. The summed E-state index contributed by atoms with van der Waals surface area (Å²) in [6.07, 6.45) is 7.85. The van der Waals surface area contributed by atoms with Crippen molar-refractivity contribution in [3.8, 4) is 5.75 Å². The van der Waals surface area contributed by atoms with Crippen molar-refractivity contribution in [1.82, 2.24) is 19.8 Å². The second-order valence-electron chi connectivity index (χ2n) is 8.07. The molecule has 9 heteroatoms. The molecule has 1 amide bonds. The van der Waals surface area contributed by atoms with Gasteiger partial charge in [0.15, 0.2) is 0 Å². The van der Waals surface area contributed by atoms with Crippen LogP contribution in [0.3, 0.4) is 0 Å². The average Bonchev–Trinajstić information content (AvgIpc) is 3.27. The van der Waals surface area contributed by atoms with Gasteiger partial charge < -0.3 is 15.6 Å². The number of rotatable bonds is 9. The molecule has 0 saturated heterocycles. The van der Waals surface area contributed by atoms with Crippen LogP contribution in [-0.2, 0) is 0 Å². The molecule has 0 aliphatic rings. The molecule has 180 valence electrons. The third kappa shape index (κ3) is 5.99. The molecular formula is C25H31N5O4. The number of nitrogens with zero attached hydrogens (tertiary/aromatic N) is 3. The highest BCUT2D eigenvalue weighted by Crippen LogP contribution is 2.25. The van der Waals surface area contributed by atoms with E-state index >= 15 is 0 Å². The quantitative estimate of drug-likeness (QED) is 0.324. The van der Waals surface area contributed by atoms with Gasteiger partial charge in [0.05, 0.1) is 41.2 Å². The van der Waals surface area contributed by atoms with Crippen molar-refractivity contribution in [2.75, 3.05) is 13.2 Å². The van der Waals surface area contributed by atoms with Crippen LogP contribution in [0.25, 0.3) is 16.3 Å². The summed E-state index contributed by atoms with van der Waals surface area (Å²) in [5.74, 6) is 0.443. The Balaban J connectivity index is 0.000000192. The van der Waals surface area contributed by atoms with E-state index in [4.69, 9.17) is 15.6 Å². The summed E-state index contributed by atoms with van der Waals surface area (Å²) in [6, 6.07) is 11.1. The number of hydrogen-bond acceptors (Lipinski definition) is 6. The fourth-order valence-corrected chi connectivity index (χ4v) is 3.75. The lowest BCUT2D eigenvalue weighted by Crippen LogP contribution is -2.12. The van der Waals surface area contributed by atoms with Gasteiger partial charge >= 0.3 is 0 Å². The molecule has 1 atom stereocenters. The Bertz CT molecular complexity index is 1300. The van der Waals surface area contributed by atoms with Crippen molar-refractivity contribution in [3.63, 3.8) is 0 Å². The zero-order chi connectivity index (χ0) is 24.5. The van der Waals surface area contributed by atoms with Crippen LogP contribution < -0.4 is 16.0 Å². The van der Waals surface area contributed by atoms with Crippen molar-refractivity contribution in [3.05, 3.63) is 70.4 Å². The van der Waals surface area contributed by atoms with Gasteiger partial charge in [0, 0.05) is 11.3 Å². The van der Waals surface area contributed by atoms with E-state index in [0.29, 0.717) is 22.7 Å². The van der Waals surface area contributed by atoms with Crippen molar-refractivity contribution in [1.29, 1.82) is 0 Å². The maximum atomic E-state index is 11.7. The molecule has 1 aromatic carbocycles. The molecule has 0 bridgehead atoms. The van der Waals surface area contributed by atoms with Crippen LogP contribution in [0.2, 0.25) is 0 Å². The maximum absolute atomic E-state index is 11.7. The number of benzene rings is 1. The van der Waals surface area contributed by atoms with E-state index < -0.39 is 5.91 Å². The summed E-state index contributed by atoms with van der Waals surface area (Å²) in [5, 5.41) is 21.2. The Labute approximate surface area is 197 Å². The largest absolute Gasteiger partial charge is 0.490 e. The Morgan fingerprint density at radius 1 is 1.21 bits per heavy atom. The molecule has 4 rings (SSSR count). The van der Waals surface area contributed by atoms with Crippen LogP contribution in [0.15, 0.2) is 53.6 Å².